The molecule has 1 aromatic heterocycles. The van der Waals surface area contributed by atoms with Gasteiger partial charge in [-0.05, 0) is 36.4 Å². The highest BCUT2D eigenvalue weighted by molar-refractivity contribution is 9.10. The van der Waals surface area contributed by atoms with Gasteiger partial charge in [-0.2, -0.15) is 0 Å². The van der Waals surface area contributed by atoms with Gasteiger partial charge in [0.05, 0.1) is 22.9 Å². The average Bonchev–Trinajstić information content (AvgIpc) is 2.88. The number of carbonyl (C=O) groups is 1. The zero-order chi connectivity index (χ0) is 15.7. The number of phenols is 1. The number of thiazole rings is 1. The van der Waals surface area contributed by atoms with Crippen LogP contribution in [0.15, 0.2) is 40.9 Å². The van der Waals surface area contributed by atoms with Crippen molar-refractivity contribution in [1.82, 2.24) is 4.98 Å². The minimum absolute atomic E-state index is 0.169. The normalized spacial score (nSPS) is 10.6. The van der Waals surface area contributed by atoms with Gasteiger partial charge in [-0.25, -0.2) is 4.98 Å². The number of ether oxygens (including phenoxy) is 1. The van der Waals surface area contributed by atoms with E-state index < -0.39 is 0 Å². The predicted octanol–water partition coefficient (Wildman–Crippen LogP) is 4.03. The third-order valence-electron chi connectivity index (χ3n) is 3.00. The van der Waals surface area contributed by atoms with Crippen molar-refractivity contribution in [2.45, 2.75) is 0 Å². The summed E-state index contributed by atoms with van der Waals surface area (Å²) in [6, 6.07) is 10.1. The summed E-state index contributed by atoms with van der Waals surface area (Å²) in [6.07, 6.45) is 0. The number of anilines is 1. The van der Waals surface area contributed by atoms with Crippen molar-refractivity contribution < 1.29 is 14.6 Å². The zero-order valence-corrected chi connectivity index (χ0v) is 13.9. The van der Waals surface area contributed by atoms with E-state index in [1.165, 1.54) is 18.4 Å². The second-order valence-corrected chi connectivity index (χ2v) is 6.42. The summed E-state index contributed by atoms with van der Waals surface area (Å²) in [5.41, 5.74) is 1.14. The lowest BCUT2D eigenvalue weighted by molar-refractivity contribution is 0.102. The molecule has 2 aromatic carbocycles. The number of halogens is 1. The van der Waals surface area contributed by atoms with Crippen molar-refractivity contribution in [3.05, 3.63) is 46.4 Å². The second-order valence-electron chi connectivity index (χ2n) is 4.47. The van der Waals surface area contributed by atoms with Crippen LogP contribution in [0.4, 0.5) is 5.13 Å². The first-order valence-electron chi connectivity index (χ1n) is 6.31. The lowest BCUT2D eigenvalue weighted by Crippen LogP contribution is -2.13. The third-order valence-corrected chi connectivity index (χ3v) is 4.43. The molecule has 0 bridgehead atoms. The molecule has 0 saturated carbocycles. The van der Waals surface area contributed by atoms with Crippen LogP contribution in [0.25, 0.3) is 10.2 Å². The summed E-state index contributed by atoms with van der Waals surface area (Å²) in [6.45, 7) is 0. The summed E-state index contributed by atoms with van der Waals surface area (Å²) in [7, 11) is 1.51. The lowest BCUT2D eigenvalue weighted by Gasteiger charge is -2.08. The monoisotopic (exact) mass is 378 g/mol. The van der Waals surface area contributed by atoms with Crippen molar-refractivity contribution >= 4 is 48.5 Å². The van der Waals surface area contributed by atoms with Crippen molar-refractivity contribution in [3.8, 4) is 11.5 Å². The van der Waals surface area contributed by atoms with Gasteiger partial charge in [0.1, 0.15) is 11.5 Å². The molecule has 0 aliphatic rings. The summed E-state index contributed by atoms with van der Waals surface area (Å²) in [4.78, 5) is 16.7. The van der Waals surface area contributed by atoms with Gasteiger partial charge in [0.15, 0.2) is 5.13 Å². The first kappa shape index (κ1) is 14.8. The fourth-order valence-electron chi connectivity index (χ4n) is 1.99. The molecule has 3 aromatic rings. The smallest absolute Gasteiger partial charge is 0.261 e. The molecule has 7 heteroatoms. The van der Waals surface area contributed by atoms with Crippen LogP contribution in [0.3, 0.4) is 0 Å². The first-order valence-corrected chi connectivity index (χ1v) is 7.92. The number of aromatic nitrogens is 1. The molecule has 0 aliphatic heterocycles. The largest absolute Gasteiger partial charge is 0.508 e. The van der Waals surface area contributed by atoms with Crippen LogP contribution < -0.4 is 10.1 Å². The maximum absolute atomic E-state index is 12.4. The highest BCUT2D eigenvalue weighted by Crippen LogP contribution is 2.30. The Bertz CT molecular complexity index is 863. The van der Waals surface area contributed by atoms with Crippen molar-refractivity contribution in [2.75, 3.05) is 12.4 Å². The number of nitrogens with zero attached hydrogens (tertiary/aromatic N) is 1. The topological polar surface area (TPSA) is 71.5 Å². The lowest BCUT2D eigenvalue weighted by atomic mass is 10.2. The van der Waals surface area contributed by atoms with Crippen LogP contribution in [0.2, 0.25) is 0 Å². The Morgan fingerprint density at radius 2 is 2.14 bits per heavy atom. The van der Waals surface area contributed by atoms with E-state index in [1.54, 1.807) is 36.4 Å². The minimum Gasteiger partial charge on any atom is -0.508 e. The van der Waals surface area contributed by atoms with Gasteiger partial charge in [-0.3, -0.25) is 10.1 Å². The number of phenolic OH excluding ortho intramolecular Hbond substituents is 1. The number of fused-ring (bicyclic) bond motifs is 1. The number of rotatable bonds is 3. The van der Waals surface area contributed by atoms with Gasteiger partial charge in [0.2, 0.25) is 0 Å². The van der Waals surface area contributed by atoms with Gasteiger partial charge in [-0.15, -0.1) is 0 Å². The van der Waals surface area contributed by atoms with E-state index in [9.17, 15) is 9.90 Å². The molecule has 1 amide bonds. The molecular weight excluding hydrogens is 368 g/mol. The number of benzene rings is 2. The quantitative estimate of drug-likeness (QED) is 0.721. The second kappa shape index (κ2) is 5.94. The van der Waals surface area contributed by atoms with Crippen LogP contribution in [0, 0.1) is 0 Å². The van der Waals surface area contributed by atoms with Crippen LogP contribution in [-0.2, 0) is 0 Å². The predicted molar refractivity (Wildman–Crippen MR) is 89.9 cm³/mol. The fourth-order valence-corrected chi connectivity index (χ4v) is 3.24. The SMILES string of the molecule is COc1ccc(Br)cc1C(=O)Nc1nc2ccc(O)cc2s1. The molecule has 3 rings (SSSR count). The van der Waals surface area contributed by atoms with E-state index in [1.807, 2.05) is 0 Å². The Balaban J connectivity index is 1.91. The molecule has 112 valence electrons. The van der Waals surface area contributed by atoms with Gasteiger partial charge in [0.25, 0.3) is 5.91 Å². The molecule has 2 N–H and O–H groups in total. The van der Waals surface area contributed by atoms with Crippen LogP contribution in [0.1, 0.15) is 10.4 Å². The number of methoxy groups -OCH3 is 1. The number of amides is 1. The number of aromatic hydroxyl groups is 1. The van der Waals surface area contributed by atoms with Crippen molar-refractivity contribution in [2.24, 2.45) is 0 Å². The van der Waals surface area contributed by atoms with Crippen molar-refractivity contribution in [1.29, 1.82) is 0 Å². The Morgan fingerprint density at radius 1 is 1.32 bits per heavy atom. The molecule has 0 unspecified atom stereocenters. The van der Waals surface area contributed by atoms with Gasteiger partial charge in [-0.1, -0.05) is 27.3 Å². The van der Waals surface area contributed by atoms with E-state index in [2.05, 4.69) is 26.2 Å². The Morgan fingerprint density at radius 3 is 2.91 bits per heavy atom. The Hall–Kier alpha value is -2.12. The average molecular weight is 379 g/mol. The van der Waals surface area contributed by atoms with Crippen LogP contribution >= 0.6 is 27.3 Å². The molecule has 1 heterocycles. The highest BCUT2D eigenvalue weighted by Gasteiger charge is 2.15. The maximum Gasteiger partial charge on any atom is 0.261 e. The molecule has 0 radical (unpaired) electrons. The summed E-state index contributed by atoms with van der Waals surface area (Å²) in [5, 5.41) is 12.7. The number of carbonyl (C=O) groups excluding carboxylic acids is 1. The van der Waals surface area contributed by atoms with Gasteiger partial charge in [0, 0.05) is 4.47 Å². The summed E-state index contributed by atoms with van der Waals surface area (Å²) in [5.74, 6) is 0.351. The molecule has 0 saturated heterocycles. The Kier molecular flexibility index (Phi) is 4.00. The number of hydrogen-bond acceptors (Lipinski definition) is 5. The fraction of sp³-hybridized carbons (Fsp3) is 0.0667. The molecule has 22 heavy (non-hydrogen) atoms. The molecule has 0 spiro atoms. The van der Waals surface area contributed by atoms with E-state index in [0.717, 1.165) is 14.7 Å². The van der Waals surface area contributed by atoms with Crippen molar-refractivity contribution in [3.63, 3.8) is 0 Å². The van der Waals surface area contributed by atoms with Gasteiger partial charge < -0.3 is 9.84 Å². The standard InChI is InChI=1S/C15H11BrN2O3S/c1-21-12-5-2-8(16)6-10(12)14(20)18-15-17-11-4-3-9(19)7-13(11)22-15/h2-7,19H,1H3,(H,17,18,20). The molecular formula is C15H11BrN2O3S. The summed E-state index contributed by atoms with van der Waals surface area (Å²) >= 11 is 4.64. The molecule has 0 aliphatic carbocycles. The van der Waals surface area contributed by atoms with Gasteiger partial charge >= 0.3 is 0 Å². The molecule has 5 nitrogen and oxygen atoms in total. The van der Waals surface area contributed by atoms with E-state index in [4.69, 9.17) is 4.74 Å². The van der Waals surface area contributed by atoms with Crippen LogP contribution in [0.5, 0.6) is 11.5 Å². The minimum atomic E-state index is -0.304. The van der Waals surface area contributed by atoms with E-state index in [0.29, 0.717) is 16.4 Å². The highest BCUT2D eigenvalue weighted by atomic mass is 79.9. The number of hydrogen-bond donors (Lipinski definition) is 2. The van der Waals surface area contributed by atoms with Crippen LogP contribution in [-0.4, -0.2) is 23.1 Å². The summed E-state index contributed by atoms with van der Waals surface area (Å²) < 4.78 is 6.79. The number of nitrogens with one attached hydrogen (secondary N) is 1. The Labute approximate surface area is 138 Å². The zero-order valence-electron chi connectivity index (χ0n) is 11.5. The third kappa shape index (κ3) is 2.90. The first-order chi connectivity index (χ1) is 10.6. The molecule has 0 fully saturated rings. The maximum atomic E-state index is 12.4. The van der Waals surface area contributed by atoms with E-state index >= 15 is 0 Å². The molecule has 0 atom stereocenters. The van der Waals surface area contributed by atoms with E-state index in [-0.39, 0.29) is 11.7 Å².